The van der Waals surface area contributed by atoms with Crippen LogP contribution < -0.4 is 5.32 Å². The number of rotatable bonds is 4. The van der Waals surface area contributed by atoms with Crippen LogP contribution in [0.1, 0.15) is 25.7 Å². The van der Waals surface area contributed by atoms with E-state index in [9.17, 15) is 14.5 Å². The van der Waals surface area contributed by atoms with Crippen LogP contribution >= 0.6 is 11.6 Å². The first-order valence-corrected chi connectivity index (χ1v) is 7.29. The average Bonchev–Trinajstić information content (AvgIpc) is 3.01. The minimum absolute atomic E-state index is 0.0916. The van der Waals surface area contributed by atoms with Gasteiger partial charge in [-0.1, -0.05) is 18.0 Å². The summed E-state index contributed by atoms with van der Waals surface area (Å²) in [6.45, 7) is 0.698. The lowest BCUT2D eigenvalue weighted by Crippen LogP contribution is -2.20. The number of benzene rings is 1. The van der Waals surface area contributed by atoms with Crippen molar-refractivity contribution in [3.8, 4) is 0 Å². The van der Waals surface area contributed by atoms with Gasteiger partial charge < -0.3 is 5.32 Å². The van der Waals surface area contributed by atoms with Gasteiger partial charge in [0.1, 0.15) is 11.5 Å². The molecular formula is C14H16ClFN2O2. The molecule has 2 aliphatic carbocycles. The number of nitrogens with one attached hydrogen (secondary N) is 1. The van der Waals surface area contributed by atoms with E-state index in [2.05, 4.69) is 5.32 Å². The molecule has 1 aromatic rings. The second-order valence-electron chi connectivity index (χ2n) is 5.86. The zero-order valence-corrected chi connectivity index (χ0v) is 11.7. The predicted molar refractivity (Wildman–Crippen MR) is 75.5 cm³/mol. The van der Waals surface area contributed by atoms with E-state index in [1.807, 2.05) is 0 Å². The Morgan fingerprint density at radius 1 is 1.40 bits per heavy atom. The zero-order valence-electron chi connectivity index (χ0n) is 10.9. The van der Waals surface area contributed by atoms with Crippen molar-refractivity contribution in [1.82, 2.24) is 0 Å². The van der Waals surface area contributed by atoms with Crippen molar-refractivity contribution >= 4 is 23.0 Å². The van der Waals surface area contributed by atoms with Gasteiger partial charge in [-0.15, -0.1) is 0 Å². The largest absolute Gasteiger partial charge is 0.379 e. The second kappa shape index (κ2) is 5.20. The van der Waals surface area contributed by atoms with Crippen molar-refractivity contribution in [2.45, 2.75) is 25.7 Å². The molecule has 6 heteroatoms. The summed E-state index contributed by atoms with van der Waals surface area (Å²) in [5.41, 5.74) is 0.0548. The molecule has 0 radical (unpaired) electrons. The molecule has 1 N–H and O–H groups in total. The molecule has 4 nitrogen and oxygen atoms in total. The molecule has 2 aliphatic rings. The monoisotopic (exact) mass is 298 g/mol. The Morgan fingerprint density at radius 2 is 2.20 bits per heavy atom. The van der Waals surface area contributed by atoms with Gasteiger partial charge in [0.15, 0.2) is 0 Å². The molecule has 3 rings (SSSR count). The van der Waals surface area contributed by atoms with Crippen molar-refractivity contribution in [1.29, 1.82) is 0 Å². The molecule has 0 aliphatic heterocycles. The Balaban J connectivity index is 1.73. The third-order valence-electron chi connectivity index (χ3n) is 4.67. The van der Waals surface area contributed by atoms with Gasteiger partial charge >= 0.3 is 0 Å². The molecule has 0 aromatic heterocycles. The molecule has 108 valence electrons. The molecule has 2 saturated carbocycles. The summed E-state index contributed by atoms with van der Waals surface area (Å²) in [6, 6.07) is 2.19. The maximum atomic E-state index is 13.3. The third-order valence-corrected chi connectivity index (χ3v) is 4.96. The van der Waals surface area contributed by atoms with E-state index in [-0.39, 0.29) is 10.7 Å². The Hall–Kier alpha value is -1.36. The quantitative estimate of drug-likeness (QED) is 0.668. The SMILES string of the molecule is O=[N+]([O-])c1cc(F)c(Cl)cc1NCC1CC2CCC1C2. The van der Waals surface area contributed by atoms with Crippen LogP contribution in [-0.4, -0.2) is 11.5 Å². The fourth-order valence-electron chi connectivity index (χ4n) is 3.70. The Morgan fingerprint density at radius 3 is 2.80 bits per heavy atom. The van der Waals surface area contributed by atoms with Crippen LogP contribution in [0.4, 0.5) is 15.8 Å². The van der Waals surface area contributed by atoms with Crippen molar-refractivity contribution in [2.24, 2.45) is 17.8 Å². The van der Waals surface area contributed by atoms with Crippen molar-refractivity contribution < 1.29 is 9.31 Å². The summed E-state index contributed by atoms with van der Waals surface area (Å²) in [5.74, 6) is 1.38. The minimum atomic E-state index is -0.760. The number of anilines is 1. The molecule has 2 fully saturated rings. The summed E-state index contributed by atoms with van der Waals surface area (Å²) in [5, 5.41) is 14.0. The smallest absolute Gasteiger partial charge is 0.295 e. The summed E-state index contributed by atoms with van der Waals surface area (Å²) in [7, 11) is 0. The zero-order chi connectivity index (χ0) is 14.3. The fourth-order valence-corrected chi connectivity index (χ4v) is 3.86. The molecule has 20 heavy (non-hydrogen) atoms. The average molecular weight is 299 g/mol. The van der Waals surface area contributed by atoms with Crippen LogP contribution in [0.5, 0.6) is 0 Å². The highest BCUT2D eigenvalue weighted by atomic mass is 35.5. The summed E-state index contributed by atoms with van der Waals surface area (Å²) in [6.07, 6.45) is 5.08. The number of nitro benzene ring substituents is 1. The lowest BCUT2D eigenvalue weighted by atomic mass is 9.89. The van der Waals surface area contributed by atoms with E-state index in [0.717, 1.165) is 17.9 Å². The minimum Gasteiger partial charge on any atom is -0.379 e. The van der Waals surface area contributed by atoms with E-state index in [1.165, 1.54) is 31.7 Å². The Labute approximate surface area is 121 Å². The van der Waals surface area contributed by atoms with Gasteiger partial charge in [0.05, 0.1) is 16.0 Å². The van der Waals surface area contributed by atoms with Crippen molar-refractivity contribution in [3.63, 3.8) is 0 Å². The van der Waals surface area contributed by atoms with Gasteiger partial charge in [0.2, 0.25) is 0 Å². The van der Waals surface area contributed by atoms with Crippen LogP contribution in [0.2, 0.25) is 5.02 Å². The van der Waals surface area contributed by atoms with E-state index >= 15 is 0 Å². The number of halogens is 2. The maximum absolute atomic E-state index is 13.3. The standard InChI is InChI=1S/C14H16ClFN2O2/c15-11-5-13(14(18(19)20)6-12(11)16)17-7-10-4-8-1-2-9(10)3-8/h5-6,8-10,17H,1-4,7H2. The van der Waals surface area contributed by atoms with Crippen molar-refractivity contribution in [3.05, 3.63) is 33.1 Å². The highest BCUT2D eigenvalue weighted by molar-refractivity contribution is 6.31. The topological polar surface area (TPSA) is 55.2 Å². The Kier molecular flexibility index (Phi) is 3.54. The summed E-state index contributed by atoms with van der Waals surface area (Å²) >= 11 is 5.71. The number of fused-ring (bicyclic) bond motifs is 2. The van der Waals surface area contributed by atoms with Crippen LogP contribution in [0.3, 0.4) is 0 Å². The normalized spacial score (nSPS) is 27.8. The molecule has 3 atom stereocenters. The van der Waals surface area contributed by atoms with E-state index < -0.39 is 10.7 Å². The molecule has 0 heterocycles. The van der Waals surface area contributed by atoms with Crippen LogP contribution in [-0.2, 0) is 0 Å². The highest BCUT2D eigenvalue weighted by Crippen LogP contribution is 2.48. The molecule has 2 bridgehead atoms. The summed E-state index contributed by atoms with van der Waals surface area (Å²) in [4.78, 5) is 10.4. The number of nitrogens with zero attached hydrogens (tertiary/aromatic N) is 1. The summed E-state index contributed by atoms with van der Waals surface area (Å²) < 4.78 is 13.3. The first kappa shape index (κ1) is 13.6. The first-order chi connectivity index (χ1) is 9.54. The molecular weight excluding hydrogens is 283 g/mol. The Bertz CT molecular complexity index is 552. The second-order valence-corrected chi connectivity index (χ2v) is 6.26. The lowest BCUT2D eigenvalue weighted by Gasteiger charge is -2.22. The molecule has 1 aromatic carbocycles. The van der Waals surface area contributed by atoms with Gasteiger partial charge in [0.25, 0.3) is 5.69 Å². The van der Waals surface area contributed by atoms with Gasteiger partial charge in [-0.25, -0.2) is 4.39 Å². The lowest BCUT2D eigenvalue weighted by molar-refractivity contribution is -0.384. The van der Waals surface area contributed by atoms with E-state index in [1.54, 1.807) is 0 Å². The van der Waals surface area contributed by atoms with Gasteiger partial charge in [-0.05, 0) is 43.1 Å². The van der Waals surface area contributed by atoms with Gasteiger partial charge in [0, 0.05) is 6.54 Å². The maximum Gasteiger partial charge on any atom is 0.295 e. The van der Waals surface area contributed by atoms with E-state index in [0.29, 0.717) is 18.2 Å². The number of hydrogen-bond acceptors (Lipinski definition) is 3. The molecule has 0 amide bonds. The van der Waals surface area contributed by atoms with Gasteiger partial charge in [-0.3, -0.25) is 10.1 Å². The molecule has 0 spiro atoms. The third kappa shape index (κ3) is 2.46. The van der Waals surface area contributed by atoms with E-state index in [4.69, 9.17) is 11.6 Å². The fraction of sp³-hybridized carbons (Fsp3) is 0.571. The first-order valence-electron chi connectivity index (χ1n) is 6.92. The molecule has 0 saturated heterocycles. The predicted octanol–water partition coefficient (Wildman–Crippen LogP) is 4.24. The van der Waals surface area contributed by atoms with Crippen molar-refractivity contribution in [2.75, 3.05) is 11.9 Å². The number of nitro groups is 1. The number of hydrogen-bond donors (Lipinski definition) is 1. The van der Waals surface area contributed by atoms with Crippen LogP contribution in [0, 0.1) is 33.7 Å². The highest BCUT2D eigenvalue weighted by Gasteiger charge is 2.39. The van der Waals surface area contributed by atoms with Crippen LogP contribution in [0.15, 0.2) is 12.1 Å². The molecule has 3 unspecified atom stereocenters. The van der Waals surface area contributed by atoms with Gasteiger partial charge in [-0.2, -0.15) is 0 Å². The van der Waals surface area contributed by atoms with Crippen LogP contribution in [0.25, 0.3) is 0 Å².